The number of morpholine rings is 1. The van der Waals surface area contributed by atoms with Crippen LogP contribution in [-0.4, -0.2) is 45.5 Å². The summed E-state index contributed by atoms with van der Waals surface area (Å²) in [7, 11) is 0. The summed E-state index contributed by atoms with van der Waals surface area (Å²) in [6.45, 7) is 5.45. The van der Waals surface area contributed by atoms with Gasteiger partial charge in [0.2, 0.25) is 0 Å². The van der Waals surface area contributed by atoms with Crippen LogP contribution in [-0.2, 0) is 4.74 Å². The van der Waals surface area contributed by atoms with Crippen LogP contribution < -0.4 is 0 Å². The Morgan fingerprint density at radius 2 is 1.82 bits per heavy atom. The summed E-state index contributed by atoms with van der Waals surface area (Å²) in [4.78, 5) is 14.9. The number of carbonyl (C=O) groups is 1. The lowest BCUT2D eigenvalue weighted by molar-refractivity contribution is -0.0230. The third-order valence-electron chi connectivity index (χ3n) is 4.97. The van der Waals surface area contributed by atoms with Crippen molar-refractivity contribution in [1.82, 2.24) is 19.9 Å². The number of ether oxygens (including phenoxy) is 1. The highest BCUT2D eigenvalue weighted by molar-refractivity contribution is 9.10. The first-order valence-corrected chi connectivity index (χ1v) is 9.98. The van der Waals surface area contributed by atoms with E-state index in [-0.39, 0.29) is 12.0 Å². The summed E-state index contributed by atoms with van der Waals surface area (Å²) in [5.41, 5.74) is 4.24. The average Bonchev–Trinajstić information content (AvgIpc) is 3.10. The molecule has 1 unspecified atom stereocenters. The summed E-state index contributed by atoms with van der Waals surface area (Å²) < 4.78 is 8.61. The second-order valence-electron chi connectivity index (χ2n) is 6.93. The number of aromatic nitrogens is 3. The molecule has 4 rings (SSSR count). The molecule has 0 N–H and O–H groups in total. The molecule has 6 nitrogen and oxygen atoms in total. The molecule has 1 aromatic heterocycles. The van der Waals surface area contributed by atoms with Gasteiger partial charge in [-0.25, -0.2) is 4.68 Å². The molecule has 0 saturated carbocycles. The van der Waals surface area contributed by atoms with Crippen molar-refractivity contribution in [3.63, 3.8) is 0 Å². The minimum Gasteiger partial charge on any atom is -0.370 e. The van der Waals surface area contributed by atoms with Gasteiger partial charge in [0.05, 0.1) is 24.5 Å². The van der Waals surface area contributed by atoms with Crippen LogP contribution in [0.1, 0.15) is 33.4 Å². The molecule has 0 aliphatic carbocycles. The molecule has 7 heteroatoms. The van der Waals surface area contributed by atoms with Crippen molar-refractivity contribution >= 4 is 21.8 Å². The smallest absolute Gasteiger partial charge is 0.276 e. The van der Waals surface area contributed by atoms with Gasteiger partial charge in [-0.3, -0.25) is 4.79 Å². The van der Waals surface area contributed by atoms with Crippen molar-refractivity contribution in [2.24, 2.45) is 0 Å². The van der Waals surface area contributed by atoms with Crippen molar-refractivity contribution < 1.29 is 9.53 Å². The fourth-order valence-electron chi connectivity index (χ4n) is 3.32. The van der Waals surface area contributed by atoms with Gasteiger partial charge in [-0.05, 0) is 43.7 Å². The number of benzene rings is 2. The van der Waals surface area contributed by atoms with Gasteiger partial charge < -0.3 is 9.64 Å². The maximum absolute atomic E-state index is 13.1. The SMILES string of the molecule is Cc1ccc(-n2nnc(C(=O)N3CCOC(c4ccc(Br)cc4)C3)c2C)cc1. The molecule has 1 amide bonds. The molecule has 2 heterocycles. The Balaban J connectivity index is 1.54. The van der Waals surface area contributed by atoms with E-state index < -0.39 is 0 Å². The molecule has 1 aliphatic rings. The van der Waals surface area contributed by atoms with Crippen LogP contribution in [0.5, 0.6) is 0 Å². The summed E-state index contributed by atoms with van der Waals surface area (Å²) in [6.07, 6.45) is -0.141. The maximum Gasteiger partial charge on any atom is 0.276 e. The molecule has 1 aliphatic heterocycles. The Morgan fingerprint density at radius 3 is 2.54 bits per heavy atom. The van der Waals surface area contributed by atoms with Crippen molar-refractivity contribution in [3.8, 4) is 5.69 Å². The zero-order valence-electron chi connectivity index (χ0n) is 15.8. The van der Waals surface area contributed by atoms with E-state index in [1.807, 2.05) is 62.4 Å². The van der Waals surface area contributed by atoms with Gasteiger partial charge >= 0.3 is 0 Å². The predicted octanol–water partition coefficient (Wildman–Crippen LogP) is 3.86. The number of hydrogen-bond acceptors (Lipinski definition) is 4. The van der Waals surface area contributed by atoms with E-state index in [2.05, 4.69) is 26.2 Å². The minimum atomic E-state index is -0.141. The number of rotatable bonds is 3. The first-order chi connectivity index (χ1) is 13.5. The largest absolute Gasteiger partial charge is 0.370 e. The lowest BCUT2D eigenvalue weighted by Crippen LogP contribution is -2.42. The standard InChI is InChI=1S/C21H21BrN4O2/c1-14-3-9-18(10-4-14)26-15(2)20(23-24-26)21(27)25-11-12-28-19(13-25)16-5-7-17(22)8-6-16/h3-10,19H,11-13H2,1-2H3. The topological polar surface area (TPSA) is 60.2 Å². The molecule has 28 heavy (non-hydrogen) atoms. The van der Waals surface area contributed by atoms with Crippen molar-refractivity contribution in [2.75, 3.05) is 19.7 Å². The molecular weight excluding hydrogens is 420 g/mol. The van der Waals surface area contributed by atoms with Crippen LogP contribution in [0.2, 0.25) is 0 Å². The Kier molecular flexibility index (Phi) is 5.28. The predicted molar refractivity (Wildman–Crippen MR) is 110 cm³/mol. The third-order valence-corrected chi connectivity index (χ3v) is 5.50. The lowest BCUT2D eigenvalue weighted by Gasteiger charge is -2.32. The molecule has 1 fully saturated rings. The molecular formula is C21H21BrN4O2. The Labute approximate surface area is 172 Å². The second kappa shape index (κ2) is 7.85. The van der Waals surface area contributed by atoms with E-state index in [1.54, 1.807) is 9.58 Å². The molecule has 2 aromatic carbocycles. The highest BCUT2D eigenvalue weighted by Gasteiger charge is 2.29. The first kappa shape index (κ1) is 18.8. The molecule has 144 valence electrons. The normalized spacial score (nSPS) is 17.0. The van der Waals surface area contributed by atoms with Crippen LogP contribution in [0.15, 0.2) is 53.0 Å². The maximum atomic E-state index is 13.1. The highest BCUT2D eigenvalue weighted by atomic mass is 79.9. The van der Waals surface area contributed by atoms with Gasteiger partial charge in [0.1, 0.15) is 6.10 Å². The summed E-state index contributed by atoms with van der Waals surface area (Å²) in [5.74, 6) is -0.110. The fourth-order valence-corrected chi connectivity index (χ4v) is 3.58. The minimum absolute atomic E-state index is 0.110. The molecule has 0 spiro atoms. The Bertz CT molecular complexity index is 983. The summed E-state index contributed by atoms with van der Waals surface area (Å²) in [6, 6.07) is 16.0. The molecule has 0 bridgehead atoms. The summed E-state index contributed by atoms with van der Waals surface area (Å²) in [5, 5.41) is 8.37. The molecule has 1 saturated heterocycles. The number of hydrogen-bond donors (Lipinski definition) is 0. The van der Waals surface area contributed by atoms with E-state index in [0.29, 0.717) is 25.4 Å². The van der Waals surface area contributed by atoms with Crippen LogP contribution in [0.4, 0.5) is 0 Å². The van der Waals surface area contributed by atoms with Crippen LogP contribution in [0, 0.1) is 13.8 Å². The monoisotopic (exact) mass is 440 g/mol. The van der Waals surface area contributed by atoms with Crippen molar-refractivity contribution in [1.29, 1.82) is 0 Å². The fraction of sp³-hybridized carbons (Fsp3) is 0.286. The number of aryl methyl sites for hydroxylation is 1. The molecule has 0 radical (unpaired) electrons. The second-order valence-corrected chi connectivity index (χ2v) is 7.85. The van der Waals surface area contributed by atoms with Crippen molar-refractivity contribution in [3.05, 3.63) is 75.5 Å². The van der Waals surface area contributed by atoms with Gasteiger partial charge in [0, 0.05) is 11.0 Å². The Morgan fingerprint density at radius 1 is 1.11 bits per heavy atom. The van der Waals surface area contributed by atoms with Gasteiger partial charge in [-0.2, -0.15) is 0 Å². The number of carbonyl (C=O) groups excluding carboxylic acids is 1. The lowest BCUT2D eigenvalue weighted by atomic mass is 10.1. The highest BCUT2D eigenvalue weighted by Crippen LogP contribution is 2.25. The number of amides is 1. The quantitative estimate of drug-likeness (QED) is 0.620. The van der Waals surface area contributed by atoms with Crippen molar-refractivity contribution in [2.45, 2.75) is 20.0 Å². The van der Waals surface area contributed by atoms with Gasteiger partial charge in [0.15, 0.2) is 5.69 Å². The van der Waals surface area contributed by atoms with E-state index in [0.717, 1.165) is 21.4 Å². The van der Waals surface area contributed by atoms with E-state index in [4.69, 9.17) is 4.74 Å². The molecule has 1 atom stereocenters. The zero-order chi connectivity index (χ0) is 19.7. The molecule has 3 aromatic rings. The van der Waals surface area contributed by atoms with E-state index in [9.17, 15) is 4.79 Å². The average molecular weight is 441 g/mol. The van der Waals surface area contributed by atoms with Gasteiger partial charge in [-0.1, -0.05) is 51.0 Å². The van der Waals surface area contributed by atoms with E-state index in [1.165, 1.54) is 5.56 Å². The third kappa shape index (κ3) is 3.72. The van der Waals surface area contributed by atoms with Gasteiger partial charge in [0.25, 0.3) is 5.91 Å². The summed E-state index contributed by atoms with van der Waals surface area (Å²) >= 11 is 3.45. The number of nitrogens with zero attached hydrogens (tertiary/aromatic N) is 4. The van der Waals surface area contributed by atoms with Gasteiger partial charge in [-0.15, -0.1) is 5.10 Å². The number of halogens is 1. The Hall–Kier alpha value is -2.51. The van der Waals surface area contributed by atoms with Crippen LogP contribution in [0.3, 0.4) is 0 Å². The van der Waals surface area contributed by atoms with Crippen LogP contribution in [0.25, 0.3) is 5.69 Å². The zero-order valence-corrected chi connectivity index (χ0v) is 17.4. The van der Waals surface area contributed by atoms with Crippen LogP contribution >= 0.6 is 15.9 Å². The first-order valence-electron chi connectivity index (χ1n) is 9.18. The van der Waals surface area contributed by atoms with E-state index >= 15 is 0 Å².